The lowest BCUT2D eigenvalue weighted by molar-refractivity contribution is 0.103. The van der Waals surface area contributed by atoms with Gasteiger partial charge in [0.25, 0.3) is 5.91 Å². The highest BCUT2D eigenvalue weighted by molar-refractivity contribution is 7.12. The predicted octanol–water partition coefficient (Wildman–Crippen LogP) is 4.30. The van der Waals surface area contributed by atoms with Gasteiger partial charge in [0.2, 0.25) is 0 Å². The van der Waals surface area contributed by atoms with E-state index in [0.717, 1.165) is 11.3 Å². The second-order valence-corrected chi connectivity index (χ2v) is 5.24. The molecule has 1 atom stereocenters. The predicted molar refractivity (Wildman–Crippen MR) is 73.0 cm³/mol. The van der Waals surface area contributed by atoms with E-state index in [1.54, 1.807) is 6.07 Å². The molecule has 0 radical (unpaired) electrons. The summed E-state index contributed by atoms with van der Waals surface area (Å²) in [4.78, 5) is 12.6. The largest absolute Gasteiger partial charge is 0.321 e. The van der Waals surface area contributed by atoms with Crippen LogP contribution in [-0.4, -0.2) is 5.91 Å². The number of rotatable bonds is 3. The van der Waals surface area contributed by atoms with Crippen LogP contribution in [0.5, 0.6) is 0 Å². The Morgan fingerprint density at radius 2 is 2.06 bits per heavy atom. The third-order valence-corrected chi connectivity index (χ3v) is 3.49. The molecule has 1 heterocycles. The van der Waals surface area contributed by atoms with E-state index in [-0.39, 0.29) is 11.3 Å². The van der Waals surface area contributed by atoms with E-state index in [1.807, 2.05) is 42.6 Å². The summed E-state index contributed by atoms with van der Waals surface area (Å²) in [5.41, 5.74) is 1.70. The Labute approximate surface area is 109 Å². The summed E-state index contributed by atoms with van der Waals surface area (Å²) in [5.74, 6) is -0.0928. The number of alkyl halides is 1. The van der Waals surface area contributed by atoms with Crippen LogP contribution in [0.1, 0.15) is 27.5 Å². The molecule has 1 aromatic carbocycles. The Hall–Kier alpha value is -1.32. The van der Waals surface area contributed by atoms with Gasteiger partial charge in [0.1, 0.15) is 0 Å². The molecule has 1 amide bonds. The first-order chi connectivity index (χ1) is 8.18. The van der Waals surface area contributed by atoms with Crippen LogP contribution in [0.4, 0.5) is 5.69 Å². The van der Waals surface area contributed by atoms with Gasteiger partial charge in [-0.25, -0.2) is 0 Å². The zero-order chi connectivity index (χ0) is 12.3. The zero-order valence-corrected chi connectivity index (χ0v) is 10.9. The Balaban J connectivity index is 2.22. The van der Waals surface area contributed by atoms with Crippen LogP contribution in [-0.2, 0) is 0 Å². The minimum absolute atomic E-state index is 0.0928. The lowest BCUT2D eigenvalue weighted by atomic mass is 10.1. The normalized spacial score (nSPS) is 12.1. The number of thiophene rings is 1. The molecule has 2 nitrogen and oxygen atoms in total. The Morgan fingerprint density at radius 1 is 1.29 bits per heavy atom. The van der Waals surface area contributed by atoms with E-state index < -0.39 is 0 Å². The van der Waals surface area contributed by atoms with Gasteiger partial charge in [-0.1, -0.05) is 24.3 Å². The molecule has 1 unspecified atom stereocenters. The van der Waals surface area contributed by atoms with Crippen LogP contribution in [0, 0.1) is 0 Å². The number of carbonyl (C=O) groups is 1. The number of para-hydroxylation sites is 1. The first kappa shape index (κ1) is 12.1. The molecule has 2 aromatic rings. The molecular formula is C13H12ClNOS. The van der Waals surface area contributed by atoms with Crippen molar-refractivity contribution in [2.45, 2.75) is 12.3 Å². The van der Waals surface area contributed by atoms with Gasteiger partial charge in [-0.3, -0.25) is 4.79 Å². The van der Waals surface area contributed by atoms with Crippen molar-refractivity contribution in [2.24, 2.45) is 0 Å². The van der Waals surface area contributed by atoms with Gasteiger partial charge in [-0.05, 0) is 30.0 Å². The van der Waals surface area contributed by atoms with E-state index in [4.69, 9.17) is 11.6 Å². The molecule has 0 spiro atoms. The number of hydrogen-bond donors (Lipinski definition) is 1. The molecular weight excluding hydrogens is 254 g/mol. The maximum atomic E-state index is 11.9. The molecule has 0 bridgehead atoms. The van der Waals surface area contributed by atoms with Crippen molar-refractivity contribution < 1.29 is 4.79 Å². The topological polar surface area (TPSA) is 29.1 Å². The quantitative estimate of drug-likeness (QED) is 0.824. The van der Waals surface area contributed by atoms with Gasteiger partial charge >= 0.3 is 0 Å². The van der Waals surface area contributed by atoms with Crippen molar-refractivity contribution in [1.82, 2.24) is 0 Å². The first-order valence-corrected chi connectivity index (χ1v) is 6.58. The van der Waals surface area contributed by atoms with E-state index in [0.29, 0.717) is 4.88 Å². The van der Waals surface area contributed by atoms with Gasteiger partial charge < -0.3 is 5.32 Å². The van der Waals surface area contributed by atoms with Crippen LogP contribution in [0.3, 0.4) is 0 Å². The third-order valence-electron chi connectivity index (χ3n) is 2.38. The highest BCUT2D eigenvalue weighted by atomic mass is 35.5. The fourth-order valence-corrected chi connectivity index (χ4v) is 2.36. The van der Waals surface area contributed by atoms with Gasteiger partial charge in [-0.2, -0.15) is 0 Å². The van der Waals surface area contributed by atoms with Crippen LogP contribution >= 0.6 is 22.9 Å². The molecule has 0 aliphatic rings. The zero-order valence-electron chi connectivity index (χ0n) is 9.31. The van der Waals surface area contributed by atoms with Crippen molar-refractivity contribution in [3.63, 3.8) is 0 Å². The molecule has 88 valence electrons. The number of carbonyl (C=O) groups excluding carboxylic acids is 1. The summed E-state index contributed by atoms with van der Waals surface area (Å²) in [6.45, 7) is 1.89. The molecule has 0 fully saturated rings. The van der Waals surface area contributed by atoms with Gasteiger partial charge in [0.05, 0.1) is 10.3 Å². The lowest BCUT2D eigenvalue weighted by Crippen LogP contribution is -2.11. The second kappa shape index (κ2) is 5.34. The standard InChI is InChI=1S/C13H12ClNOS/c1-9(14)10-5-2-3-6-11(10)15-13(16)12-7-4-8-17-12/h2-9H,1H3,(H,15,16). The summed E-state index contributed by atoms with van der Waals surface area (Å²) in [6, 6.07) is 11.2. The van der Waals surface area contributed by atoms with E-state index in [9.17, 15) is 4.79 Å². The molecule has 0 aliphatic heterocycles. The Morgan fingerprint density at radius 3 is 2.71 bits per heavy atom. The fraction of sp³-hybridized carbons (Fsp3) is 0.154. The van der Waals surface area contributed by atoms with Crippen LogP contribution in [0.25, 0.3) is 0 Å². The van der Waals surface area contributed by atoms with Crippen molar-refractivity contribution in [2.75, 3.05) is 5.32 Å². The SMILES string of the molecule is CC(Cl)c1ccccc1NC(=O)c1cccs1. The highest BCUT2D eigenvalue weighted by Crippen LogP contribution is 2.27. The van der Waals surface area contributed by atoms with Gasteiger partial charge in [0.15, 0.2) is 0 Å². The monoisotopic (exact) mass is 265 g/mol. The van der Waals surface area contributed by atoms with Gasteiger partial charge in [0, 0.05) is 5.69 Å². The molecule has 17 heavy (non-hydrogen) atoms. The molecule has 1 aromatic heterocycles. The fourth-order valence-electron chi connectivity index (χ4n) is 1.55. The molecule has 0 saturated heterocycles. The smallest absolute Gasteiger partial charge is 0.265 e. The average molecular weight is 266 g/mol. The Bertz CT molecular complexity index is 508. The summed E-state index contributed by atoms with van der Waals surface area (Å²) < 4.78 is 0. The molecule has 0 saturated carbocycles. The van der Waals surface area contributed by atoms with E-state index in [1.165, 1.54) is 11.3 Å². The van der Waals surface area contributed by atoms with Crippen LogP contribution in [0.2, 0.25) is 0 Å². The molecule has 0 aliphatic carbocycles. The van der Waals surface area contributed by atoms with Crippen molar-refractivity contribution in [1.29, 1.82) is 0 Å². The number of benzene rings is 1. The minimum atomic E-state index is -0.130. The summed E-state index contributed by atoms with van der Waals surface area (Å²) in [7, 11) is 0. The Kier molecular flexibility index (Phi) is 3.82. The summed E-state index contributed by atoms with van der Waals surface area (Å²) >= 11 is 7.49. The second-order valence-electron chi connectivity index (χ2n) is 3.63. The average Bonchev–Trinajstić information content (AvgIpc) is 2.83. The van der Waals surface area contributed by atoms with Crippen LogP contribution < -0.4 is 5.32 Å². The number of anilines is 1. The van der Waals surface area contributed by atoms with E-state index in [2.05, 4.69) is 5.32 Å². The molecule has 1 N–H and O–H groups in total. The number of amides is 1. The van der Waals surface area contributed by atoms with Crippen LogP contribution in [0.15, 0.2) is 41.8 Å². The molecule has 4 heteroatoms. The third kappa shape index (κ3) is 2.87. The van der Waals surface area contributed by atoms with Gasteiger partial charge in [-0.15, -0.1) is 22.9 Å². The van der Waals surface area contributed by atoms with Crippen molar-refractivity contribution in [3.05, 3.63) is 52.2 Å². The first-order valence-electron chi connectivity index (χ1n) is 5.26. The number of hydrogen-bond acceptors (Lipinski definition) is 2. The maximum absolute atomic E-state index is 11.9. The highest BCUT2D eigenvalue weighted by Gasteiger charge is 2.11. The van der Waals surface area contributed by atoms with Crippen molar-refractivity contribution in [3.8, 4) is 0 Å². The summed E-state index contributed by atoms with van der Waals surface area (Å²) in [6.07, 6.45) is 0. The summed E-state index contributed by atoms with van der Waals surface area (Å²) in [5, 5.41) is 4.63. The maximum Gasteiger partial charge on any atom is 0.265 e. The molecule has 2 rings (SSSR count). The lowest BCUT2D eigenvalue weighted by Gasteiger charge is -2.11. The minimum Gasteiger partial charge on any atom is -0.321 e. The number of halogens is 1. The van der Waals surface area contributed by atoms with E-state index >= 15 is 0 Å². The number of nitrogens with one attached hydrogen (secondary N) is 1. The van der Waals surface area contributed by atoms with Crippen molar-refractivity contribution >= 4 is 34.5 Å².